The van der Waals surface area contributed by atoms with Gasteiger partial charge < -0.3 is 0 Å². The first-order valence-corrected chi connectivity index (χ1v) is 5.11. The molecule has 0 amide bonds. The lowest BCUT2D eigenvalue weighted by Gasteiger charge is -2.12. The summed E-state index contributed by atoms with van der Waals surface area (Å²) >= 11 is 5.27. The van der Waals surface area contributed by atoms with Crippen molar-refractivity contribution < 1.29 is 4.79 Å². The van der Waals surface area contributed by atoms with Crippen LogP contribution in [0.25, 0.3) is 5.57 Å². The average molecular weight is 213 g/mol. The van der Waals surface area contributed by atoms with Crippen LogP contribution in [0.1, 0.15) is 17.5 Å². The number of benzene rings is 1. The van der Waals surface area contributed by atoms with Crippen LogP contribution in [0.5, 0.6) is 0 Å². The first-order valence-electron chi connectivity index (χ1n) is 4.70. The minimum absolute atomic E-state index is 0.571. The molecule has 2 heteroatoms. The quantitative estimate of drug-likeness (QED) is 0.703. The lowest BCUT2D eigenvalue weighted by Crippen LogP contribution is -2.03. The summed E-state index contributed by atoms with van der Waals surface area (Å²) in [5.41, 5.74) is 2.41. The molecule has 1 aliphatic carbocycles. The third-order valence-corrected chi connectivity index (χ3v) is 2.72. The zero-order valence-corrected chi connectivity index (χ0v) is 8.88. The summed E-state index contributed by atoms with van der Waals surface area (Å²) in [5, 5.41) is 0. The Morgan fingerprint density at radius 2 is 2.07 bits per heavy atom. The molecule has 15 heavy (non-hydrogen) atoms. The number of carbonyl (C=O) groups excluding carboxylic acids is 1. The SMILES string of the molecule is O=[C]c1ccccc1C1=CC=CCC1=S. The fourth-order valence-corrected chi connectivity index (χ4v) is 1.86. The normalized spacial score (nSPS) is 14.9. The van der Waals surface area contributed by atoms with E-state index in [1.54, 1.807) is 6.07 Å². The van der Waals surface area contributed by atoms with E-state index in [0.717, 1.165) is 22.4 Å². The fourth-order valence-electron chi connectivity index (χ4n) is 1.59. The van der Waals surface area contributed by atoms with Crippen molar-refractivity contribution in [1.82, 2.24) is 0 Å². The fraction of sp³-hybridized carbons (Fsp3) is 0.0769. The van der Waals surface area contributed by atoms with E-state index in [1.807, 2.05) is 42.7 Å². The first kappa shape index (κ1) is 9.99. The largest absolute Gasteiger partial charge is 0.285 e. The molecule has 0 atom stereocenters. The summed E-state index contributed by atoms with van der Waals surface area (Å²) in [5.74, 6) is 0. The summed E-state index contributed by atoms with van der Waals surface area (Å²) in [4.78, 5) is 11.6. The summed E-state index contributed by atoms with van der Waals surface area (Å²) in [6.45, 7) is 0. The summed E-state index contributed by atoms with van der Waals surface area (Å²) < 4.78 is 0. The standard InChI is InChI=1S/C13H9OS/c14-9-10-5-1-2-6-11(10)12-7-3-4-8-13(12)15/h1-7H,8H2. The van der Waals surface area contributed by atoms with Crippen molar-refractivity contribution in [1.29, 1.82) is 0 Å². The van der Waals surface area contributed by atoms with E-state index in [1.165, 1.54) is 0 Å². The second-order valence-electron chi connectivity index (χ2n) is 3.28. The van der Waals surface area contributed by atoms with Crippen LogP contribution < -0.4 is 0 Å². The highest BCUT2D eigenvalue weighted by atomic mass is 32.1. The summed E-state index contributed by atoms with van der Waals surface area (Å²) in [6.07, 6.45) is 8.64. The zero-order valence-electron chi connectivity index (χ0n) is 8.07. The Hall–Kier alpha value is -1.54. The number of rotatable bonds is 2. The van der Waals surface area contributed by atoms with Crippen molar-refractivity contribution in [3.63, 3.8) is 0 Å². The predicted molar refractivity (Wildman–Crippen MR) is 65.6 cm³/mol. The highest BCUT2D eigenvalue weighted by Crippen LogP contribution is 2.23. The van der Waals surface area contributed by atoms with Crippen molar-refractivity contribution in [2.75, 3.05) is 0 Å². The van der Waals surface area contributed by atoms with Crippen molar-refractivity contribution in [2.24, 2.45) is 0 Å². The van der Waals surface area contributed by atoms with Crippen molar-refractivity contribution in [2.45, 2.75) is 6.42 Å². The van der Waals surface area contributed by atoms with Gasteiger partial charge in [-0.05, 0) is 11.1 Å². The van der Waals surface area contributed by atoms with Gasteiger partial charge in [-0.1, -0.05) is 54.7 Å². The molecule has 0 bridgehead atoms. The Bertz CT molecular complexity index is 469. The van der Waals surface area contributed by atoms with Gasteiger partial charge in [0.15, 0.2) is 0 Å². The van der Waals surface area contributed by atoms with Crippen LogP contribution in [-0.4, -0.2) is 11.2 Å². The molecule has 0 aromatic heterocycles. The molecule has 0 spiro atoms. The van der Waals surface area contributed by atoms with Gasteiger partial charge >= 0.3 is 0 Å². The van der Waals surface area contributed by atoms with Crippen LogP contribution in [0.3, 0.4) is 0 Å². The van der Waals surface area contributed by atoms with Gasteiger partial charge in [0.05, 0.1) is 0 Å². The van der Waals surface area contributed by atoms with Crippen molar-refractivity contribution in [3.05, 3.63) is 53.6 Å². The van der Waals surface area contributed by atoms with E-state index < -0.39 is 0 Å². The van der Waals surface area contributed by atoms with E-state index in [9.17, 15) is 4.79 Å². The lowest BCUT2D eigenvalue weighted by atomic mass is 9.94. The van der Waals surface area contributed by atoms with E-state index in [4.69, 9.17) is 12.2 Å². The molecule has 0 saturated heterocycles. The average Bonchev–Trinajstić information content (AvgIpc) is 2.30. The third-order valence-electron chi connectivity index (χ3n) is 2.33. The summed E-state index contributed by atoms with van der Waals surface area (Å²) in [6, 6.07) is 7.38. The van der Waals surface area contributed by atoms with Crippen LogP contribution in [0.15, 0.2) is 42.5 Å². The number of thiocarbonyl (C=S) groups is 1. The van der Waals surface area contributed by atoms with Gasteiger partial charge in [-0.3, -0.25) is 4.79 Å². The van der Waals surface area contributed by atoms with E-state index in [-0.39, 0.29) is 0 Å². The third kappa shape index (κ3) is 1.95. The van der Waals surface area contributed by atoms with Crippen LogP contribution in [0.4, 0.5) is 0 Å². The zero-order chi connectivity index (χ0) is 10.7. The van der Waals surface area contributed by atoms with Gasteiger partial charge in [0.25, 0.3) is 0 Å². The minimum Gasteiger partial charge on any atom is -0.285 e. The summed E-state index contributed by atoms with van der Waals surface area (Å²) in [7, 11) is 0. The Balaban J connectivity index is 2.53. The highest BCUT2D eigenvalue weighted by molar-refractivity contribution is 7.81. The molecule has 1 aliphatic rings. The molecular formula is C13H9OS. The monoisotopic (exact) mass is 213 g/mol. The Morgan fingerprint density at radius 3 is 2.80 bits per heavy atom. The molecule has 1 aromatic carbocycles. The van der Waals surface area contributed by atoms with Gasteiger partial charge in [-0.25, -0.2) is 0 Å². The maximum Gasteiger partial charge on any atom is 0.234 e. The van der Waals surface area contributed by atoms with Crippen molar-refractivity contribution >= 4 is 28.9 Å². The van der Waals surface area contributed by atoms with Gasteiger partial charge in [-0.2, -0.15) is 0 Å². The molecule has 0 unspecified atom stereocenters. The van der Waals surface area contributed by atoms with Crippen molar-refractivity contribution in [3.8, 4) is 0 Å². The molecule has 1 nitrogen and oxygen atoms in total. The van der Waals surface area contributed by atoms with Crippen LogP contribution in [-0.2, 0) is 4.79 Å². The maximum absolute atomic E-state index is 10.8. The molecule has 73 valence electrons. The molecule has 1 aromatic rings. The second kappa shape index (κ2) is 4.32. The molecule has 0 saturated carbocycles. The van der Waals surface area contributed by atoms with Gasteiger partial charge in [0.2, 0.25) is 6.29 Å². The number of hydrogen-bond acceptors (Lipinski definition) is 2. The molecule has 0 aliphatic heterocycles. The topological polar surface area (TPSA) is 17.1 Å². The molecule has 1 radical (unpaired) electrons. The Labute approximate surface area is 94.1 Å². The van der Waals surface area contributed by atoms with E-state index in [0.29, 0.717) is 5.56 Å². The van der Waals surface area contributed by atoms with Gasteiger partial charge in [-0.15, -0.1) is 0 Å². The smallest absolute Gasteiger partial charge is 0.234 e. The molecule has 2 rings (SSSR count). The number of allylic oxidation sites excluding steroid dienone is 4. The minimum atomic E-state index is 0.571. The van der Waals surface area contributed by atoms with Gasteiger partial charge in [0, 0.05) is 16.8 Å². The second-order valence-corrected chi connectivity index (χ2v) is 3.78. The Morgan fingerprint density at radius 1 is 1.27 bits per heavy atom. The van der Waals surface area contributed by atoms with Crippen LogP contribution in [0, 0.1) is 0 Å². The molecule has 0 fully saturated rings. The predicted octanol–water partition coefficient (Wildman–Crippen LogP) is 2.86. The van der Waals surface area contributed by atoms with Crippen LogP contribution >= 0.6 is 12.2 Å². The lowest BCUT2D eigenvalue weighted by molar-refractivity contribution is 0.562. The first-order chi connectivity index (χ1) is 7.33. The Kier molecular flexibility index (Phi) is 2.88. The van der Waals surface area contributed by atoms with Gasteiger partial charge in [0.1, 0.15) is 0 Å². The van der Waals surface area contributed by atoms with E-state index in [2.05, 4.69) is 0 Å². The van der Waals surface area contributed by atoms with E-state index >= 15 is 0 Å². The molecule has 0 N–H and O–H groups in total. The van der Waals surface area contributed by atoms with Crippen LogP contribution in [0.2, 0.25) is 0 Å². The molecule has 0 heterocycles. The number of hydrogen-bond donors (Lipinski definition) is 0. The molecular weight excluding hydrogens is 204 g/mol. The highest BCUT2D eigenvalue weighted by Gasteiger charge is 2.12. The maximum atomic E-state index is 10.8.